The number of hydrogen-bond donors (Lipinski definition) is 1. The fourth-order valence-corrected chi connectivity index (χ4v) is 2.93. The van der Waals surface area contributed by atoms with Gasteiger partial charge in [0.15, 0.2) is 0 Å². The maximum atomic E-state index is 6.30. The van der Waals surface area contributed by atoms with Gasteiger partial charge in [-0.3, -0.25) is 0 Å². The van der Waals surface area contributed by atoms with E-state index in [1.54, 1.807) is 6.26 Å². The van der Waals surface area contributed by atoms with Crippen LogP contribution in [0.1, 0.15) is 48.9 Å². The molecule has 1 aromatic carbocycles. The molecule has 3 rings (SSSR count). The molecule has 0 bridgehead atoms. The topological polar surface area (TPSA) is 48.4 Å². The second-order valence-corrected chi connectivity index (χ2v) is 5.51. The Labute approximate surface area is 119 Å². The molecule has 0 spiro atoms. The molecule has 3 nitrogen and oxygen atoms in total. The van der Waals surface area contributed by atoms with Gasteiger partial charge in [-0.2, -0.15) is 0 Å². The van der Waals surface area contributed by atoms with Gasteiger partial charge in [0.2, 0.25) is 0 Å². The molecule has 0 amide bonds. The van der Waals surface area contributed by atoms with Gasteiger partial charge < -0.3 is 14.9 Å². The van der Waals surface area contributed by atoms with Gasteiger partial charge in [0.25, 0.3) is 0 Å². The summed E-state index contributed by atoms with van der Waals surface area (Å²) < 4.78 is 11.8. The van der Waals surface area contributed by atoms with Crippen LogP contribution in [-0.2, 0) is 11.2 Å². The monoisotopic (exact) mass is 271 g/mol. The Kier molecular flexibility index (Phi) is 3.90. The van der Waals surface area contributed by atoms with Gasteiger partial charge >= 0.3 is 0 Å². The second-order valence-electron chi connectivity index (χ2n) is 5.51. The quantitative estimate of drug-likeness (QED) is 0.921. The van der Waals surface area contributed by atoms with Gasteiger partial charge in [0, 0.05) is 6.04 Å². The largest absolute Gasteiger partial charge is 0.467 e. The van der Waals surface area contributed by atoms with Crippen molar-refractivity contribution >= 4 is 0 Å². The molecule has 3 unspecified atom stereocenters. The summed E-state index contributed by atoms with van der Waals surface area (Å²) in [4.78, 5) is 0. The van der Waals surface area contributed by atoms with Crippen LogP contribution in [0, 0.1) is 0 Å². The summed E-state index contributed by atoms with van der Waals surface area (Å²) >= 11 is 0. The van der Waals surface area contributed by atoms with Crippen molar-refractivity contribution in [1.29, 1.82) is 0 Å². The predicted molar refractivity (Wildman–Crippen MR) is 78.3 cm³/mol. The molecular formula is C17H21NO2. The first-order valence-corrected chi connectivity index (χ1v) is 7.28. The third kappa shape index (κ3) is 2.65. The summed E-state index contributed by atoms with van der Waals surface area (Å²) in [5.41, 5.74) is 8.78. The van der Waals surface area contributed by atoms with Gasteiger partial charge in [-0.25, -0.2) is 0 Å². The maximum Gasteiger partial charge on any atom is 0.134 e. The molecule has 0 saturated heterocycles. The Balaban J connectivity index is 1.83. The van der Waals surface area contributed by atoms with Crippen LogP contribution in [-0.4, -0.2) is 6.04 Å². The van der Waals surface area contributed by atoms with Crippen molar-refractivity contribution in [2.24, 2.45) is 5.73 Å². The average molecular weight is 271 g/mol. The molecule has 0 fully saturated rings. The number of benzene rings is 1. The van der Waals surface area contributed by atoms with Crippen molar-refractivity contribution in [1.82, 2.24) is 0 Å². The molecule has 0 radical (unpaired) electrons. The minimum absolute atomic E-state index is 0.102. The number of furan rings is 1. The van der Waals surface area contributed by atoms with Crippen molar-refractivity contribution < 1.29 is 9.15 Å². The lowest BCUT2D eigenvalue weighted by molar-refractivity contribution is -0.0440. The van der Waals surface area contributed by atoms with Gasteiger partial charge in [-0.05, 0) is 49.4 Å². The van der Waals surface area contributed by atoms with Gasteiger partial charge in [0.05, 0.1) is 12.4 Å². The minimum Gasteiger partial charge on any atom is -0.467 e. The smallest absolute Gasteiger partial charge is 0.134 e. The molecule has 1 heterocycles. The molecule has 106 valence electrons. The van der Waals surface area contributed by atoms with E-state index in [0.717, 1.165) is 25.0 Å². The molecule has 0 aliphatic heterocycles. The van der Waals surface area contributed by atoms with E-state index in [0.29, 0.717) is 0 Å². The third-order valence-electron chi connectivity index (χ3n) is 3.93. The summed E-state index contributed by atoms with van der Waals surface area (Å²) in [5.74, 6) is 0.808. The molecule has 3 atom stereocenters. The molecule has 1 aliphatic carbocycles. The SMILES string of the molecule is CC(N)C(OC1CCCc2ccccc21)c1ccco1. The fourth-order valence-electron chi connectivity index (χ4n) is 2.93. The lowest BCUT2D eigenvalue weighted by atomic mass is 9.89. The Morgan fingerprint density at radius 2 is 2.10 bits per heavy atom. The summed E-state index contributed by atoms with van der Waals surface area (Å²) in [7, 11) is 0. The molecule has 2 N–H and O–H groups in total. The number of rotatable bonds is 4. The number of fused-ring (bicyclic) bond motifs is 1. The zero-order chi connectivity index (χ0) is 13.9. The highest BCUT2D eigenvalue weighted by molar-refractivity contribution is 5.31. The van der Waals surface area contributed by atoms with Crippen LogP contribution < -0.4 is 5.73 Å². The normalized spacial score (nSPS) is 21.2. The first-order valence-electron chi connectivity index (χ1n) is 7.28. The molecular weight excluding hydrogens is 250 g/mol. The summed E-state index contributed by atoms with van der Waals surface area (Å²) in [6.45, 7) is 1.96. The van der Waals surface area contributed by atoms with Crippen LogP contribution in [0.15, 0.2) is 47.1 Å². The van der Waals surface area contributed by atoms with Crippen LogP contribution in [0.4, 0.5) is 0 Å². The molecule has 2 aromatic rings. The van der Waals surface area contributed by atoms with E-state index in [1.165, 1.54) is 11.1 Å². The van der Waals surface area contributed by atoms with E-state index >= 15 is 0 Å². The number of nitrogens with two attached hydrogens (primary N) is 1. The third-order valence-corrected chi connectivity index (χ3v) is 3.93. The van der Waals surface area contributed by atoms with Crippen molar-refractivity contribution in [3.05, 3.63) is 59.5 Å². The lowest BCUT2D eigenvalue weighted by Crippen LogP contribution is -2.29. The Morgan fingerprint density at radius 1 is 1.25 bits per heavy atom. The minimum atomic E-state index is -0.193. The van der Waals surface area contributed by atoms with Gasteiger partial charge in [-0.15, -0.1) is 0 Å². The number of hydrogen-bond acceptors (Lipinski definition) is 3. The maximum absolute atomic E-state index is 6.30. The van der Waals surface area contributed by atoms with Crippen LogP contribution in [0.25, 0.3) is 0 Å². The summed E-state index contributed by atoms with van der Waals surface area (Å²) in [5, 5.41) is 0. The summed E-state index contributed by atoms with van der Waals surface area (Å²) in [6.07, 6.45) is 4.93. The Hall–Kier alpha value is -1.58. The highest BCUT2D eigenvalue weighted by Gasteiger charge is 2.27. The van der Waals surface area contributed by atoms with Gasteiger partial charge in [-0.1, -0.05) is 24.3 Å². The zero-order valence-corrected chi connectivity index (χ0v) is 11.8. The van der Waals surface area contributed by atoms with E-state index in [-0.39, 0.29) is 18.2 Å². The molecule has 3 heteroatoms. The van der Waals surface area contributed by atoms with Crippen LogP contribution in [0.3, 0.4) is 0 Å². The highest BCUT2D eigenvalue weighted by Crippen LogP contribution is 2.37. The first-order chi connectivity index (χ1) is 9.75. The number of ether oxygens (including phenoxy) is 1. The standard InChI is InChI=1S/C17H21NO2/c1-12(18)17(16-10-5-11-19-16)20-15-9-4-7-13-6-2-3-8-14(13)15/h2-3,5-6,8,10-12,15,17H,4,7,9,18H2,1H3. The predicted octanol–water partition coefficient (Wildman–Crippen LogP) is 3.76. The van der Waals surface area contributed by atoms with E-state index in [9.17, 15) is 0 Å². The average Bonchev–Trinajstić information content (AvgIpc) is 2.98. The molecule has 20 heavy (non-hydrogen) atoms. The van der Waals surface area contributed by atoms with Crippen molar-refractivity contribution in [3.8, 4) is 0 Å². The summed E-state index contributed by atoms with van der Waals surface area (Å²) in [6, 6.07) is 12.2. The first kappa shape index (κ1) is 13.4. The van der Waals surface area contributed by atoms with E-state index in [4.69, 9.17) is 14.9 Å². The van der Waals surface area contributed by atoms with Crippen molar-refractivity contribution in [2.75, 3.05) is 0 Å². The second kappa shape index (κ2) is 5.81. The fraction of sp³-hybridized carbons (Fsp3) is 0.412. The zero-order valence-electron chi connectivity index (χ0n) is 11.8. The van der Waals surface area contributed by atoms with E-state index in [2.05, 4.69) is 24.3 Å². The number of aryl methyl sites for hydroxylation is 1. The molecule has 1 aromatic heterocycles. The lowest BCUT2D eigenvalue weighted by Gasteiger charge is -2.30. The van der Waals surface area contributed by atoms with Crippen LogP contribution >= 0.6 is 0 Å². The van der Waals surface area contributed by atoms with E-state index < -0.39 is 0 Å². The Bertz CT molecular complexity index is 548. The molecule has 0 saturated carbocycles. The van der Waals surface area contributed by atoms with Crippen LogP contribution in [0.2, 0.25) is 0 Å². The Morgan fingerprint density at radius 3 is 2.85 bits per heavy atom. The molecule has 1 aliphatic rings. The van der Waals surface area contributed by atoms with Crippen molar-refractivity contribution in [2.45, 2.75) is 44.4 Å². The van der Waals surface area contributed by atoms with E-state index in [1.807, 2.05) is 19.1 Å². The highest BCUT2D eigenvalue weighted by atomic mass is 16.5. The van der Waals surface area contributed by atoms with Crippen molar-refractivity contribution in [3.63, 3.8) is 0 Å². The van der Waals surface area contributed by atoms with Gasteiger partial charge in [0.1, 0.15) is 11.9 Å². The van der Waals surface area contributed by atoms with Crippen LogP contribution in [0.5, 0.6) is 0 Å².